The molecule has 3 rings (SSSR count). The highest BCUT2D eigenvalue weighted by molar-refractivity contribution is 9.10. The zero-order valence-electron chi connectivity index (χ0n) is 14.1. The zero-order valence-corrected chi connectivity index (χ0v) is 17.3. The van der Waals surface area contributed by atoms with E-state index in [1.807, 2.05) is 0 Å². The predicted molar refractivity (Wildman–Crippen MR) is 111 cm³/mol. The number of rotatable bonds is 5. The first-order valence-electron chi connectivity index (χ1n) is 7.90. The molecule has 28 heavy (non-hydrogen) atoms. The maximum Gasteiger partial charge on any atom is 0.261 e. The van der Waals surface area contributed by atoms with Gasteiger partial charge in [0.25, 0.3) is 15.9 Å². The second-order valence-corrected chi connectivity index (χ2v) is 8.70. The maximum absolute atomic E-state index is 14.4. The molecule has 0 atom stereocenters. The molecule has 0 heterocycles. The van der Waals surface area contributed by atoms with E-state index in [9.17, 15) is 17.6 Å². The third-order valence-corrected chi connectivity index (χ3v) is 5.90. The molecular weight excluding hydrogens is 471 g/mol. The van der Waals surface area contributed by atoms with Crippen molar-refractivity contribution in [3.63, 3.8) is 0 Å². The molecule has 0 fully saturated rings. The number of halogens is 3. The minimum atomic E-state index is -4.00. The summed E-state index contributed by atoms with van der Waals surface area (Å²) in [6.07, 6.45) is 0. The van der Waals surface area contributed by atoms with E-state index in [0.29, 0.717) is 10.2 Å². The predicted octanol–water partition coefficient (Wildman–Crippen LogP) is 5.29. The van der Waals surface area contributed by atoms with Gasteiger partial charge in [-0.05, 0) is 48.5 Å². The fourth-order valence-corrected chi connectivity index (χ4v) is 4.05. The number of nitrogens with one attached hydrogen (secondary N) is 2. The highest BCUT2D eigenvalue weighted by Crippen LogP contribution is 2.24. The Bertz CT molecular complexity index is 1160. The van der Waals surface area contributed by atoms with E-state index in [-0.39, 0.29) is 21.2 Å². The number of carbonyl (C=O) groups excluding carboxylic acids is 1. The maximum atomic E-state index is 14.4. The third kappa shape index (κ3) is 4.70. The molecular formula is C19H13BrClFN2O3S. The average molecular weight is 484 g/mol. The van der Waals surface area contributed by atoms with Crippen LogP contribution in [-0.4, -0.2) is 14.3 Å². The average Bonchev–Trinajstić information content (AvgIpc) is 2.63. The molecule has 0 unspecified atom stereocenters. The molecule has 0 aliphatic rings. The number of amides is 1. The molecule has 0 spiro atoms. The SMILES string of the molecule is O=C(Nc1ccc(S(=O)(=O)Nc2cccc(Br)c2)cc1F)c1ccccc1Cl. The number of hydrogen-bond donors (Lipinski definition) is 2. The number of hydrogen-bond acceptors (Lipinski definition) is 3. The van der Waals surface area contributed by atoms with E-state index in [1.54, 1.807) is 36.4 Å². The van der Waals surface area contributed by atoms with E-state index in [2.05, 4.69) is 26.0 Å². The summed E-state index contributed by atoms with van der Waals surface area (Å²) in [5, 5.41) is 2.60. The quantitative estimate of drug-likeness (QED) is 0.517. The first kappa shape index (κ1) is 20.3. The van der Waals surface area contributed by atoms with Gasteiger partial charge in [-0.15, -0.1) is 0 Å². The molecule has 0 aromatic heterocycles. The Morgan fingerprint density at radius 1 is 1.00 bits per heavy atom. The van der Waals surface area contributed by atoms with Crippen molar-refractivity contribution in [3.05, 3.63) is 87.6 Å². The van der Waals surface area contributed by atoms with Crippen molar-refractivity contribution in [3.8, 4) is 0 Å². The third-order valence-electron chi connectivity index (χ3n) is 3.69. The molecule has 0 saturated carbocycles. The van der Waals surface area contributed by atoms with E-state index in [4.69, 9.17) is 11.6 Å². The fraction of sp³-hybridized carbons (Fsp3) is 0. The van der Waals surface area contributed by atoms with Gasteiger partial charge in [0.1, 0.15) is 5.82 Å². The van der Waals surface area contributed by atoms with Gasteiger partial charge in [-0.2, -0.15) is 0 Å². The Balaban J connectivity index is 1.82. The Hall–Kier alpha value is -2.42. The minimum absolute atomic E-state index is 0.161. The van der Waals surface area contributed by atoms with Crippen molar-refractivity contribution >= 4 is 54.8 Å². The molecule has 9 heteroatoms. The van der Waals surface area contributed by atoms with Gasteiger partial charge in [0.2, 0.25) is 0 Å². The second kappa shape index (κ2) is 8.30. The summed E-state index contributed by atoms with van der Waals surface area (Å²) >= 11 is 9.20. The van der Waals surface area contributed by atoms with Crippen LogP contribution in [-0.2, 0) is 10.0 Å². The molecule has 2 N–H and O–H groups in total. The van der Waals surface area contributed by atoms with Gasteiger partial charge in [-0.1, -0.05) is 45.7 Å². The lowest BCUT2D eigenvalue weighted by Crippen LogP contribution is -2.15. The van der Waals surface area contributed by atoms with Crippen molar-refractivity contribution in [1.82, 2.24) is 0 Å². The Labute approximate surface area is 174 Å². The minimum Gasteiger partial charge on any atom is -0.319 e. The van der Waals surface area contributed by atoms with Gasteiger partial charge >= 0.3 is 0 Å². The highest BCUT2D eigenvalue weighted by Gasteiger charge is 2.18. The Morgan fingerprint density at radius 2 is 1.75 bits per heavy atom. The van der Waals surface area contributed by atoms with Gasteiger partial charge in [-0.25, -0.2) is 12.8 Å². The van der Waals surface area contributed by atoms with Crippen molar-refractivity contribution in [1.29, 1.82) is 0 Å². The Morgan fingerprint density at radius 3 is 2.43 bits per heavy atom. The molecule has 0 radical (unpaired) electrons. The monoisotopic (exact) mass is 482 g/mol. The van der Waals surface area contributed by atoms with Gasteiger partial charge in [0.05, 0.1) is 21.2 Å². The summed E-state index contributed by atoms with van der Waals surface area (Å²) in [6.45, 7) is 0. The Kier molecular flexibility index (Phi) is 6.02. The lowest BCUT2D eigenvalue weighted by atomic mass is 10.2. The molecule has 3 aromatic rings. The lowest BCUT2D eigenvalue weighted by molar-refractivity contribution is 0.102. The highest BCUT2D eigenvalue weighted by atomic mass is 79.9. The van der Waals surface area contributed by atoms with Crippen molar-refractivity contribution in [2.24, 2.45) is 0 Å². The largest absolute Gasteiger partial charge is 0.319 e. The van der Waals surface area contributed by atoms with Crippen LogP contribution in [0.25, 0.3) is 0 Å². The smallest absolute Gasteiger partial charge is 0.261 e. The van der Waals surface area contributed by atoms with E-state index < -0.39 is 21.7 Å². The summed E-state index contributed by atoms with van der Waals surface area (Å²) in [5.41, 5.74) is 0.341. The number of anilines is 2. The molecule has 3 aromatic carbocycles. The van der Waals surface area contributed by atoms with Gasteiger partial charge in [0, 0.05) is 10.2 Å². The molecule has 0 bridgehead atoms. The van der Waals surface area contributed by atoms with E-state index in [0.717, 1.165) is 6.07 Å². The van der Waals surface area contributed by atoms with Gasteiger partial charge in [0.15, 0.2) is 0 Å². The normalized spacial score (nSPS) is 11.1. The van der Waals surface area contributed by atoms with Crippen LogP contribution in [0.15, 0.2) is 76.1 Å². The van der Waals surface area contributed by atoms with Gasteiger partial charge < -0.3 is 5.32 Å². The molecule has 5 nitrogen and oxygen atoms in total. The van der Waals surface area contributed by atoms with Gasteiger partial charge in [-0.3, -0.25) is 9.52 Å². The molecule has 144 valence electrons. The van der Waals surface area contributed by atoms with Crippen molar-refractivity contribution < 1.29 is 17.6 Å². The standard InChI is InChI=1S/C19H13BrClFN2O3S/c20-12-4-3-5-13(10-12)24-28(26,27)14-8-9-18(17(22)11-14)23-19(25)15-6-1-2-7-16(15)21/h1-11,24H,(H,23,25). The van der Waals surface area contributed by atoms with E-state index >= 15 is 0 Å². The fourth-order valence-electron chi connectivity index (χ4n) is 2.37. The molecule has 0 aliphatic carbocycles. The van der Waals surface area contributed by atoms with Crippen LogP contribution in [0, 0.1) is 5.82 Å². The van der Waals surface area contributed by atoms with Crippen LogP contribution in [0.2, 0.25) is 5.02 Å². The first-order chi connectivity index (χ1) is 13.3. The topological polar surface area (TPSA) is 75.3 Å². The summed E-state index contributed by atoms with van der Waals surface area (Å²) in [5.74, 6) is -1.50. The van der Waals surface area contributed by atoms with Crippen molar-refractivity contribution in [2.45, 2.75) is 4.90 Å². The first-order valence-corrected chi connectivity index (χ1v) is 10.6. The summed E-state index contributed by atoms with van der Waals surface area (Å²) in [6, 6.07) is 16.1. The van der Waals surface area contributed by atoms with Crippen LogP contribution in [0.1, 0.15) is 10.4 Å². The molecule has 0 aliphatic heterocycles. The summed E-state index contributed by atoms with van der Waals surface area (Å²) in [4.78, 5) is 12.0. The number of benzene rings is 3. The van der Waals surface area contributed by atoms with Crippen LogP contribution in [0.5, 0.6) is 0 Å². The second-order valence-electron chi connectivity index (χ2n) is 5.69. The van der Waals surface area contributed by atoms with E-state index in [1.165, 1.54) is 24.3 Å². The summed E-state index contributed by atoms with van der Waals surface area (Å²) in [7, 11) is -4.00. The van der Waals surface area contributed by atoms with Crippen molar-refractivity contribution in [2.75, 3.05) is 10.0 Å². The summed E-state index contributed by atoms with van der Waals surface area (Å²) < 4.78 is 42.4. The van der Waals surface area contributed by atoms with Crippen LogP contribution < -0.4 is 10.0 Å². The number of carbonyl (C=O) groups is 1. The molecule has 0 saturated heterocycles. The van der Waals surface area contributed by atoms with Crippen LogP contribution in [0.4, 0.5) is 15.8 Å². The van der Waals surface area contributed by atoms with Crippen LogP contribution >= 0.6 is 27.5 Å². The lowest BCUT2D eigenvalue weighted by Gasteiger charge is -2.11. The zero-order chi connectivity index (χ0) is 20.3. The van der Waals surface area contributed by atoms with Crippen LogP contribution in [0.3, 0.4) is 0 Å². The number of sulfonamides is 1. The molecule has 1 amide bonds.